The average molecular weight is 1290 g/mol. The Balaban J connectivity index is 1.04. The summed E-state index contributed by atoms with van der Waals surface area (Å²) >= 11 is 0. The number of carbonyl (C=O) groups excluding carboxylic acids is 3. The number of amides is 1. The number of benzene rings is 6. The lowest BCUT2D eigenvalue weighted by Gasteiger charge is -2.51. The molecule has 94 heavy (non-hydrogen) atoms. The lowest BCUT2D eigenvalue weighted by atomic mass is 9.76. The van der Waals surface area contributed by atoms with Crippen LogP contribution in [0.5, 0.6) is 5.75 Å². The maximum atomic E-state index is 14.9. The van der Waals surface area contributed by atoms with Crippen molar-refractivity contribution in [3.05, 3.63) is 209 Å². The van der Waals surface area contributed by atoms with Gasteiger partial charge in [-0.05, 0) is 90.0 Å². The molecule has 10 rings (SSSR count). The quantitative estimate of drug-likeness (QED) is 0.0422. The summed E-state index contributed by atoms with van der Waals surface area (Å²) in [6, 6.07) is 56.6. The molecular formula is C78H97NO15. The second-order valence-electron chi connectivity index (χ2n) is 25.8. The van der Waals surface area contributed by atoms with E-state index in [0.717, 1.165) is 65.5 Å². The molecule has 2 saturated carbocycles. The standard InChI is InChI=1S/C78H97NO15/c1-8-60-45-61(74(81)84-7)46-65(71(60)94-77-73(87-49-58-34-22-13-23-35-58)72(86-48-57-32-20-12-21-33-57)70(53(4)90-77)85-47-56-30-18-11-19-31-56)92-76-68(79-54(5)80)69(91-66(44-55-28-16-10-17-29-55)75(82)88-50-59-36-24-14-25-37-59)52(3)67(93-76)51-89-78(9-2,62-38-26-15-27-39-62)63-40-42-64(83-6)43-41-63/h11-15,18-27,30-43,52-53,55,60-61,65-73,76-77H,8-10,16-17,28-29,44-51H2,1-7H3,(H,79,80)/t52-,53?,60?,61?,65+,66-,67?,68?,69?,70+,71?,72?,73?,76+,77-,78?/m0/s1. The first-order valence-corrected chi connectivity index (χ1v) is 34.0. The summed E-state index contributed by atoms with van der Waals surface area (Å²) in [4.78, 5) is 42.9. The summed E-state index contributed by atoms with van der Waals surface area (Å²) < 4.78 is 82.6. The highest BCUT2D eigenvalue weighted by Gasteiger charge is 2.54. The minimum absolute atomic E-state index is 0.0211. The summed E-state index contributed by atoms with van der Waals surface area (Å²) in [5.74, 6) is -1.80. The molecule has 16 atom stereocenters. The van der Waals surface area contributed by atoms with Crippen LogP contribution in [0.2, 0.25) is 0 Å². The van der Waals surface area contributed by atoms with Crippen LogP contribution in [0.15, 0.2) is 176 Å². The molecule has 504 valence electrons. The fourth-order valence-corrected chi connectivity index (χ4v) is 14.3. The Morgan fingerprint density at radius 3 is 1.67 bits per heavy atom. The van der Waals surface area contributed by atoms with E-state index in [2.05, 4.69) is 31.3 Å². The predicted molar refractivity (Wildman–Crippen MR) is 356 cm³/mol. The van der Waals surface area contributed by atoms with Crippen LogP contribution < -0.4 is 10.1 Å². The van der Waals surface area contributed by atoms with Crippen LogP contribution in [-0.4, -0.2) is 112 Å². The molecule has 2 heterocycles. The first-order chi connectivity index (χ1) is 45.9. The molecule has 16 heteroatoms. The Hall–Kier alpha value is -6.83. The number of hydrogen-bond donors (Lipinski definition) is 1. The van der Waals surface area contributed by atoms with E-state index in [0.29, 0.717) is 38.0 Å². The van der Waals surface area contributed by atoms with Crippen molar-refractivity contribution in [2.45, 2.75) is 204 Å². The van der Waals surface area contributed by atoms with Gasteiger partial charge in [0.15, 0.2) is 18.7 Å². The van der Waals surface area contributed by atoms with Crippen molar-refractivity contribution in [1.82, 2.24) is 5.32 Å². The van der Waals surface area contributed by atoms with E-state index in [1.165, 1.54) is 14.0 Å². The molecule has 0 radical (unpaired) electrons. The third kappa shape index (κ3) is 18.2. The number of carbonyl (C=O) groups is 3. The van der Waals surface area contributed by atoms with Gasteiger partial charge in [0.25, 0.3) is 0 Å². The van der Waals surface area contributed by atoms with Crippen molar-refractivity contribution >= 4 is 17.8 Å². The van der Waals surface area contributed by atoms with E-state index in [-0.39, 0.29) is 56.6 Å². The number of methoxy groups -OCH3 is 2. The van der Waals surface area contributed by atoms with Gasteiger partial charge in [-0.1, -0.05) is 223 Å². The van der Waals surface area contributed by atoms with Crippen molar-refractivity contribution in [2.75, 3.05) is 20.8 Å². The third-order valence-electron chi connectivity index (χ3n) is 19.5. The SMILES string of the molecule is CCC1CC(C(=O)OC)C[C@@H](O[C@@H]2OC(COC(CC)(c3ccccc3)c3ccc(OC)cc3)[C@H](C)C(O[C@@H](CC3CCCCC3)C(=O)OCc3ccccc3)C2NC(C)=O)C1O[C@@H]1OC(C)[C@@H](OCc2ccccc2)C(OCc2ccccc2)C1OCc1ccccc1. The van der Waals surface area contributed by atoms with Gasteiger partial charge in [-0.15, -0.1) is 0 Å². The Kier molecular flexibility index (Phi) is 25.9. The van der Waals surface area contributed by atoms with E-state index in [1.54, 1.807) is 7.11 Å². The molecule has 2 aliphatic carbocycles. The number of rotatable bonds is 30. The van der Waals surface area contributed by atoms with Gasteiger partial charge >= 0.3 is 11.9 Å². The van der Waals surface area contributed by atoms with Gasteiger partial charge in [0.2, 0.25) is 5.91 Å². The molecule has 6 aromatic rings. The van der Waals surface area contributed by atoms with Crippen molar-refractivity contribution in [3.63, 3.8) is 0 Å². The Bertz CT molecular complexity index is 3210. The molecule has 16 nitrogen and oxygen atoms in total. The topological polar surface area (TPSA) is 174 Å². The Morgan fingerprint density at radius 1 is 0.585 bits per heavy atom. The minimum Gasteiger partial charge on any atom is -0.497 e. The van der Waals surface area contributed by atoms with E-state index in [4.69, 9.17) is 56.8 Å². The minimum atomic E-state index is -1.28. The Labute approximate surface area is 555 Å². The fourth-order valence-electron chi connectivity index (χ4n) is 14.3. The number of nitrogens with one attached hydrogen (secondary N) is 1. The van der Waals surface area contributed by atoms with Gasteiger partial charge in [0.05, 0.1) is 77.1 Å². The van der Waals surface area contributed by atoms with Gasteiger partial charge < -0.3 is 62.2 Å². The van der Waals surface area contributed by atoms with Crippen LogP contribution in [0.3, 0.4) is 0 Å². The second kappa shape index (κ2) is 34.7. The highest BCUT2D eigenvalue weighted by Crippen LogP contribution is 2.44. The summed E-state index contributed by atoms with van der Waals surface area (Å²) in [6.45, 7) is 10.4. The van der Waals surface area contributed by atoms with E-state index in [1.807, 2.05) is 178 Å². The maximum Gasteiger partial charge on any atom is 0.335 e. The molecule has 2 aliphatic heterocycles. The lowest BCUT2D eigenvalue weighted by molar-refractivity contribution is -0.350. The molecule has 4 fully saturated rings. The number of hydrogen-bond acceptors (Lipinski definition) is 15. The largest absolute Gasteiger partial charge is 0.497 e. The Morgan fingerprint density at radius 2 is 1.13 bits per heavy atom. The normalized spacial score (nSPS) is 27.5. The van der Waals surface area contributed by atoms with Gasteiger partial charge in [0.1, 0.15) is 42.3 Å². The van der Waals surface area contributed by atoms with Crippen LogP contribution in [0.4, 0.5) is 0 Å². The van der Waals surface area contributed by atoms with Crippen molar-refractivity contribution in [3.8, 4) is 5.75 Å². The molecular weight excluding hydrogens is 1190 g/mol. The summed E-state index contributed by atoms with van der Waals surface area (Å²) in [7, 11) is 3.04. The van der Waals surface area contributed by atoms with E-state index >= 15 is 0 Å². The summed E-state index contributed by atoms with van der Waals surface area (Å²) in [5.41, 5.74) is 4.61. The van der Waals surface area contributed by atoms with E-state index in [9.17, 15) is 14.4 Å². The molecule has 4 aliphatic rings. The highest BCUT2D eigenvalue weighted by molar-refractivity contribution is 5.75. The number of ether oxygens (including phenoxy) is 12. The molecule has 2 saturated heterocycles. The van der Waals surface area contributed by atoms with Gasteiger partial charge in [-0.25, -0.2) is 4.79 Å². The summed E-state index contributed by atoms with van der Waals surface area (Å²) in [5, 5.41) is 3.22. The average Bonchev–Trinajstić information content (AvgIpc) is 0.784. The molecule has 6 aromatic carbocycles. The second-order valence-corrected chi connectivity index (χ2v) is 25.8. The monoisotopic (exact) mass is 1290 g/mol. The first-order valence-electron chi connectivity index (χ1n) is 34.0. The zero-order valence-corrected chi connectivity index (χ0v) is 55.7. The van der Waals surface area contributed by atoms with Crippen LogP contribution in [0, 0.1) is 23.7 Å². The van der Waals surface area contributed by atoms with Gasteiger partial charge in [-0.3, -0.25) is 9.59 Å². The van der Waals surface area contributed by atoms with Crippen LogP contribution in [0.25, 0.3) is 0 Å². The fraction of sp³-hybridized carbons (Fsp3) is 0.500. The zero-order valence-electron chi connectivity index (χ0n) is 55.7. The zero-order chi connectivity index (χ0) is 65.8. The molecule has 0 aromatic heterocycles. The predicted octanol–water partition coefficient (Wildman–Crippen LogP) is 13.6. The molecule has 0 bridgehead atoms. The third-order valence-corrected chi connectivity index (χ3v) is 19.5. The first kappa shape index (κ1) is 70.0. The smallest absolute Gasteiger partial charge is 0.335 e. The molecule has 1 amide bonds. The van der Waals surface area contributed by atoms with Gasteiger partial charge in [-0.2, -0.15) is 0 Å². The molecule has 1 N–H and O–H groups in total. The van der Waals surface area contributed by atoms with Crippen LogP contribution >= 0.6 is 0 Å². The maximum absolute atomic E-state index is 14.9. The summed E-state index contributed by atoms with van der Waals surface area (Å²) in [6.07, 6.45) is -2.30. The number of esters is 2. The van der Waals surface area contributed by atoms with Crippen LogP contribution in [0.1, 0.15) is 132 Å². The molecule has 10 unspecified atom stereocenters. The van der Waals surface area contributed by atoms with Crippen molar-refractivity contribution in [1.29, 1.82) is 0 Å². The van der Waals surface area contributed by atoms with Crippen molar-refractivity contribution < 1.29 is 71.2 Å². The van der Waals surface area contributed by atoms with E-state index < -0.39 is 97.0 Å². The lowest BCUT2D eigenvalue weighted by Crippen LogP contribution is -2.65. The van der Waals surface area contributed by atoms with Crippen LogP contribution in [-0.2, 0) is 98.5 Å². The highest BCUT2D eigenvalue weighted by atomic mass is 16.7. The molecule has 0 spiro atoms. The van der Waals surface area contributed by atoms with Crippen molar-refractivity contribution in [2.24, 2.45) is 23.7 Å². The van der Waals surface area contributed by atoms with Gasteiger partial charge in [0, 0.05) is 12.8 Å².